The molecule has 0 bridgehead atoms. The highest BCUT2D eigenvalue weighted by Crippen LogP contribution is 2.28. The highest BCUT2D eigenvalue weighted by molar-refractivity contribution is 5.79. The van der Waals surface area contributed by atoms with Gasteiger partial charge in [0.05, 0.1) is 6.61 Å². The summed E-state index contributed by atoms with van der Waals surface area (Å²) >= 11 is 0. The number of ether oxygens (including phenoxy) is 1. The average molecular weight is 313 g/mol. The summed E-state index contributed by atoms with van der Waals surface area (Å²) < 4.78 is 5.69. The molecule has 5 nitrogen and oxygen atoms in total. The Morgan fingerprint density at radius 1 is 1.18 bits per heavy atom. The van der Waals surface area contributed by atoms with Crippen molar-refractivity contribution in [2.24, 2.45) is 10.9 Å². The topological polar surface area (TPSA) is 40.1 Å². The molecule has 0 spiro atoms. The number of rotatable bonds is 12. The van der Waals surface area contributed by atoms with Crippen molar-refractivity contribution in [1.82, 2.24) is 15.1 Å². The molecule has 130 valence electrons. The second-order valence-corrected chi connectivity index (χ2v) is 6.15. The minimum atomic E-state index is 0.787. The maximum absolute atomic E-state index is 5.69. The first kappa shape index (κ1) is 19.2. The normalized spacial score (nSPS) is 15.4. The molecule has 1 rings (SSSR count). The van der Waals surface area contributed by atoms with Gasteiger partial charge in [-0.1, -0.05) is 13.8 Å². The smallest absolute Gasteiger partial charge is 0.193 e. The molecule has 0 aliphatic heterocycles. The van der Waals surface area contributed by atoms with Gasteiger partial charge in [-0.25, -0.2) is 0 Å². The van der Waals surface area contributed by atoms with E-state index in [4.69, 9.17) is 4.74 Å². The second-order valence-electron chi connectivity index (χ2n) is 6.15. The number of nitrogens with one attached hydrogen (secondary N) is 1. The number of guanidine groups is 1. The van der Waals surface area contributed by atoms with Crippen LogP contribution in [0, 0.1) is 5.92 Å². The van der Waals surface area contributed by atoms with Gasteiger partial charge in [-0.05, 0) is 51.2 Å². The molecule has 0 radical (unpaired) electrons. The van der Waals surface area contributed by atoms with Gasteiger partial charge < -0.3 is 19.9 Å². The number of hydrogen-bond acceptors (Lipinski definition) is 3. The predicted molar refractivity (Wildman–Crippen MR) is 94.6 cm³/mol. The van der Waals surface area contributed by atoms with Crippen LogP contribution in [-0.4, -0.2) is 75.8 Å². The van der Waals surface area contributed by atoms with Crippen LogP contribution in [0.4, 0.5) is 0 Å². The molecule has 0 aromatic carbocycles. The maximum atomic E-state index is 5.69. The summed E-state index contributed by atoms with van der Waals surface area (Å²) in [6.45, 7) is 11.5. The first-order valence-corrected chi connectivity index (χ1v) is 8.93. The Balaban J connectivity index is 2.04. The molecule has 1 aliphatic rings. The summed E-state index contributed by atoms with van der Waals surface area (Å²) in [5.41, 5.74) is 0. The summed E-state index contributed by atoms with van der Waals surface area (Å²) in [6, 6.07) is 0. The number of unbranched alkanes of at least 4 members (excludes halogenated alkanes) is 1. The molecule has 0 amide bonds. The molecule has 1 saturated carbocycles. The SMILES string of the molecule is CCN(CC)CCCCNC(=NC)N(C)CCOCC1CC1. The van der Waals surface area contributed by atoms with E-state index in [1.807, 2.05) is 7.05 Å². The van der Waals surface area contributed by atoms with Crippen LogP contribution in [0.5, 0.6) is 0 Å². The van der Waals surface area contributed by atoms with E-state index in [0.29, 0.717) is 0 Å². The molecule has 0 heterocycles. The van der Waals surface area contributed by atoms with Crippen molar-refractivity contribution >= 4 is 5.96 Å². The van der Waals surface area contributed by atoms with E-state index < -0.39 is 0 Å². The van der Waals surface area contributed by atoms with Gasteiger partial charge in [0.15, 0.2) is 5.96 Å². The maximum Gasteiger partial charge on any atom is 0.193 e. The van der Waals surface area contributed by atoms with Crippen molar-refractivity contribution < 1.29 is 4.74 Å². The zero-order valence-electron chi connectivity index (χ0n) is 15.1. The third-order valence-corrected chi connectivity index (χ3v) is 4.27. The van der Waals surface area contributed by atoms with Gasteiger partial charge in [-0.2, -0.15) is 0 Å². The molecular formula is C17H36N4O. The van der Waals surface area contributed by atoms with Crippen molar-refractivity contribution in [1.29, 1.82) is 0 Å². The van der Waals surface area contributed by atoms with E-state index in [9.17, 15) is 0 Å². The van der Waals surface area contributed by atoms with Crippen LogP contribution in [0.1, 0.15) is 39.5 Å². The molecule has 0 saturated heterocycles. The summed E-state index contributed by atoms with van der Waals surface area (Å²) in [5.74, 6) is 1.81. The molecule has 0 aromatic heterocycles. The van der Waals surface area contributed by atoms with Crippen LogP contribution in [0.25, 0.3) is 0 Å². The van der Waals surface area contributed by atoms with E-state index in [2.05, 4.69) is 41.0 Å². The lowest BCUT2D eigenvalue weighted by molar-refractivity contribution is 0.115. The van der Waals surface area contributed by atoms with Crippen molar-refractivity contribution in [3.8, 4) is 0 Å². The molecular weight excluding hydrogens is 276 g/mol. The molecule has 1 fully saturated rings. The van der Waals surface area contributed by atoms with Crippen LogP contribution in [-0.2, 0) is 4.74 Å². The van der Waals surface area contributed by atoms with Crippen molar-refractivity contribution in [2.45, 2.75) is 39.5 Å². The number of nitrogens with zero attached hydrogens (tertiary/aromatic N) is 3. The van der Waals surface area contributed by atoms with E-state index in [1.54, 1.807) is 0 Å². The molecule has 0 aromatic rings. The summed E-state index contributed by atoms with van der Waals surface area (Å²) in [5, 5.41) is 3.44. The van der Waals surface area contributed by atoms with Gasteiger partial charge in [0, 0.05) is 33.8 Å². The fourth-order valence-electron chi connectivity index (χ4n) is 2.43. The first-order chi connectivity index (χ1) is 10.7. The molecule has 1 aliphatic carbocycles. The zero-order chi connectivity index (χ0) is 16.2. The lowest BCUT2D eigenvalue weighted by Gasteiger charge is -2.22. The Morgan fingerprint density at radius 3 is 2.50 bits per heavy atom. The predicted octanol–water partition coefficient (Wildman–Crippen LogP) is 2.04. The Hall–Kier alpha value is -0.810. The molecule has 22 heavy (non-hydrogen) atoms. The van der Waals surface area contributed by atoms with Gasteiger partial charge in [-0.15, -0.1) is 0 Å². The molecule has 0 unspecified atom stereocenters. The van der Waals surface area contributed by atoms with Crippen LogP contribution in [0.15, 0.2) is 4.99 Å². The highest BCUT2D eigenvalue weighted by Gasteiger charge is 2.21. The van der Waals surface area contributed by atoms with Gasteiger partial charge in [0.25, 0.3) is 0 Å². The second kappa shape index (κ2) is 11.7. The summed E-state index contributed by atoms with van der Waals surface area (Å²) in [7, 11) is 3.92. The van der Waals surface area contributed by atoms with Crippen LogP contribution >= 0.6 is 0 Å². The Labute approximate surface area is 137 Å². The van der Waals surface area contributed by atoms with E-state index >= 15 is 0 Å². The molecule has 1 N–H and O–H groups in total. The quantitative estimate of drug-likeness (QED) is 0.340. The van der Waals surface area contributed by atoms with Gasteiger partial charge in [0.1, 0.15) is 0 Å². The third kappa shape index (κ3) is 8.59. The molecule has 0 atom stereocenters. The fourth-order valence-corrected chi connectivity index (χ4v) is 2.43. The van der Waals surface area contributed by atoms with Gasteiger partial charge in [0.2, 0.25) is 0 Å². The van der Waals surface area contributed by atoms with Crippen molar-refractivity contribution in [3.05, 3.63) is 0 Å². The lowest BCUT2D eigenvalue weighted by Crippen LogP contribution is -2.41. The number of likely N-dealkylation sites (N-methyl/N-ethyl adjacent to an activating group) is 1. The monoisotopic (exact) mass is 312 g/mol. The van der Waals surface area contributed by atoms with Gasteiger partial charge >= 0.3 is 0 Å². The third-order valence-electron chi connectivity index (χ3n) is 4.27. The number of hydrogen-bond donors (Lipinski definition) is 1. The van der Waals surface area contributed by atoms with Gasteiger partial charge in [-0.3, -0.25) is 4.99 Å². The highest BCUT2D eigenvalue weighted by atomic mass is 16.5. The summed E-state index contributed by atoms with van der Waals surface area (Å²) in [4.78, 5) is 8.97. The Kier molecular flexibility index (Phi) is 10.2. The zero-order valence-corrected chi connectivity index (χ0v) is 15.1. The first-order valence-electron chi connectivity index (χ1n) is 8.93. The number of aliphatic imine (C=N–C) groups is 1. The lowest BCUT2D eigenvalue weighted by atomic mass is 10.3. The minimum absolute atomic E-state index is 0.787. The standard InChI is InChI=1S/C17H36N4O/c1-5-21(6-2)12-8-7-11-19-17(18-3)20(4)13-14-22-15-16-9-10-16/h16H,5-15H2,1-4H3,(H,18,19). The van der Waals surface area contributed by atoms with Crippen molar-refractivity contribution in [3.63, 3.8) is 0 Å². The fraction of sp³-hybridized carbons (Fsp3) is 0.941. The Morgan fingerprint density at radius 2 is 1.91 bits per heavy atom. The van der Waals surface area contributed by atoms with E-state index in [1.165, 1.54) is 32.2 Å². The largest absolute Gasteiger partial charge is 0.379 e. The Bertz CT molecular complexity index is 301. The van der Waals surface area contributed by atoms with Crippen molar-refractivity contribution in [2.75, 3.05) is 60.0 Å². The van der Waals surface area contributed by atoms with Crippen LogP contribution in [0.2, 0.25) is 0 Å². The van der Waals surface area contributed by atoms with E-state index in [-0.39, 0.29) is 0 Å². The molecule has 5 heteroatoms. The minimum Gasteiger partial charge on any atom is -0.379 e. The van der Waals surface area contributed by atoms with E-state index in [0.717, 1.165) is 51.3 Å². The van der Waals surface area contributed by atoms with Crippen LogP contribution in [0.3, 0.4) is 0 Å². The average Bonchev–Trinajstić information content (AvgIpc) is 3.35. The van der Waals surface area contributed by atoms with Crippen LogP contribution < -0.4 is 5.32 Å². The summed E-state index contributed by atoms with van der Waals surface area (Å²) in [6.07, 6.45) is 5.13.